The maximum Gasteiger partial charge on any atom is 0.115 e. The molecule has 0 aliphatic carbocycles. The van der Waals surface area contributed by atoms with E-state index in [-0.39, 0.29) is 11.8 Å². The van der Waals surface area contributed by atoms with Gasteiger partial charge in [-0.25, -0.2) is 0 Å². The third kappa shape index (κ3) is 3.49. The molecule has 0 aliphatic rings. The van der Waals surface area contributed by atoms with E-state index < -0.39 is 0 Å². The van der Waals surface area contributed by atoms with Crippen molar-refractivity contribution in [2.24, 2.45) is 5.73 Å². The average molecular weight is 262 g/mol. The smallest absolute Gasteiger partial charge is 0.115 e. The van der Waals surface area contributed by atoms with Gasteiger partial charge in [-0.15, -0.1) is 0 Å². The van der Waals surface area contributed by atoms with Gasteiger partial charge in [0.15, 0.2) is 0 Å². The van der Waals surface area contributed by atoms with Crippen molar-refractivity contribution in [3.05, 3.63) is 64.7 Å². The number of nitrogens with two attached hydrogens (primary N) is 1. The van der Waals surface area contributed by atoms with Crippen molar-refractivity contribution in [1.29, 1.82) is 0 Å². The Balaban J connectivity index is 2.01. The molecule has 0 aromatic heterocycles. The van der Waals surface area contributed by atoms with Crippen LogP contribution < -0.4 is 5.73 Å². The van der Waals surface area contributed by atoms with Gasteiger partial charge in [0.05, 0.1) is 0 Å². The first-order valence-corrected chi connectivity index (χ1v) is 6.30. The Morgan fingerprint density at radius 1 is 1.06 bits per heavy atom. The summed E-state index contributed by atoms with van der Waals surface area (Å²) in [6, 6.07) is 14.9. The largest absolute Gasteiger partial charge is 0.508 e. The number of hydrogen-bond acceptors (Lipinski definition) is 2. The Morgan fingerprint density at radius 2 is 1.83 bits per heavy atom. The summed E-state index contributed by atoms with van der Waals surface area (Å²) in [5.74, 6) is 0.275. The lowest BCUT2D eigenvalue weighted by atomic mass is 9.99. The average Bonchev–Trinajstić information content (AvgIpc) is 2.32. The van der Waals surface area contributed by atoms with Crippen LogP contribution in [0.1, 0.15) is 11.1 Å². The number of rotatable bonds is 4. The minimum atomic E-state index is -0.00769. The molecule has 2 aromatic rings. The first kappa shape index (κ1) is 12.9. The van der Waals surface area contributed by atoms with Crippen molar-refractivity contribution in [3.8, 4) is 5.75 Å². The lowest BCUT2D eigenvalue weighted by molar-refractivity contribution is 0.474. The van der Waals surface area contributed by atoms with Gasteiger partial charge in [-0.3, -0.25) is 0 Å². The van der Waals surface area contributed by atoms with Crippen LogP contribution in [0.3, 0.4) is 0 Å². The minimum Gasteiger partial charge on any atom is -0.508 e. The molecule has 2 aromatic carbocycles. The van der Waals surface area contributed by atoms with Gasteiger partial charge in [-0.2, -0.15) is 0 Å². The maximum absolute atomic E-state index is 9.40. The molecule has 0 saturated carbocycles. The Bertz CT molecular complexity index is 527. The van der Waals surface area contributed by atoms with Gasteiger partial charge in [-0.05, 0) is 42.2 Å². The van der Waals surface area contributed by atoms with Gasteiger partial charge < -0.3 is 10.8 Å². The highest BCUT2D eigenvalue weighted by Crippen LogP contribution is 2.18. The zero-order valence-electron chi connectivity index (χ0n) is 10.0. The molecule has 0 aliphatic heterocycles. The number of halogens is 1. The molecule has 0 amide bonds. The summed E-state index contributed by atoms with van der Waals surface area (Å²) in [5.41, 5.74) is 8.21. The summed E-state index contributed by atoms with van der Waals surface area (Å²) < 4.78 is 0. The molecule has 0 radical (unpaired) electrons. The lowest BCUT2D eigenvalue weighted by Gasteiger charge is -2.13. The van der Waals surface area contributed by atoms with Crippen LogP contribution in [0, 0.1) is 0 Å². The predicted molar refractivity (Wildman–Crippen MR) is 74.9 cm³/mol. The fraction of sp³-hybridized carbons (Fsp3) is 0.200. The molecule has 0 spiro atoms. The first-order valence-electron chi connectivity index (χ1n) is 5.92. The van der Waals surface area contributed by atoms with E-state index in [1.165, 1.54) is 0 Å². The fourth-order valence-corrected chi connectivity index (χ4v) is 2.22. The highest BCUT2D eigenvalue weighted by Gasteiger charge is 2.08. The van der Waals surface area contributed by atoms with Crippen LogP contribution >= 0.6 is 11.6 Å². The number of hydrogen-bond donors (Lipinski definition) is 2. The molecule has 0 fully saturated rings. The lowest BCUT2D eigenvalue weighted by Crippen LogP contribution is -2.25. The fourth-order valence-electron chi connectivity index (χ4n) is 2.00. The van der Waals surface area contributed by atoms with Crippen LogP contribution in [-0.2, 0) is 12.8 Å². The van der Waals surface area contributed by atoms with Gasteiger partial charge in [-0.1, -0.05) is 41.9 Å². The van der Waals surface area contributed by atoms with Crippen LogP contribution in [0.2, 0.25) is 5.02 Å². The molecule has 18 heavy (non-hydrogen) atoms. The SMILES string of the molecule is NC(Cc1cccc(O)c1)Cc1ccccc1Cl. The van der Waals surface area contributed by atoms with Crippen molar-refractivity contribution in [1.82, 2.24) is 0 Å². The molecule has 0 bridgehead atoms. The summed E-state index contributed by atoms with van der Waals surface area (Å²) in [4.78, 5) is 0. The van der Waals surface area contributed by atoms with Crippen LogP contribution in [0.5, 0.6) is 5.75 Å². The second kappa shape index (κ2) is 5.89. The molecule has 3 heteroatoms. The van der Waals surface area contributed by atoms with Crippen molar-refractivity contribution >= 4 is 11.6 Å². The molecule has 2 rings (SSSR count). The molecule has 3 N–H and O–H groups in total. The summed E-state index contributed by atoms with van der Waals surface area (Å²) in [7, 11) is 0. The van der Waals surface area contributed by atoms with Crippen molar-refractivity contribution in [3.63, 3.8) is 0 Å². The Labute approximate surface area is 112 Å². The van der Waals surface area contributed by atoms with Crippen LogP contribution in [0.15, 0.2) is 48.5 Å². The maximum atomic E-state index is 9.40. The highest BCUT2D eigenvalue weighted by atomic mass is 35.5. The molecule has 0 heterocycles. The molecular formula is C15H16ClNO. The van der Waals surface area contributed by atoms with E-state index in [0.29, 0.717) is 0 Å². The van der Waals surface area contributed by atoms with Gasteiger partial charge in [0.1, 0.15) is 5.75 Å². The monoisotopic (exact) mass is 261 g/mol. The Hall–Kier alpha value is -1.51. The third-order valence-corrected chi connectivity index (χ3v) is 3.22. The Kier molecular flexibility index (Phi) is 4.24. The normalized spacial score (nSPS) is 12.3. The van der Waals surface area contributed by atoms with E-state index in [9.17, 15) is 5.11 Å². The summed E-state index contributed by atoms with van der Waals surface area (Å²) >= 11 is 6.10. The zero-order valence-corrected chi connectivity index (χ0v) is 10.8. The number of benzene rings is 2. The van der Waals surface area contributed by atoms with Gasteiger partial charge >= 0.3 is 0 Å². The number of phenolic OH excluding ortho intramolecular Hbond substituents is 1. The zero-order chi connectivity index (χ0) is 13.0. The predicted octanol–water partition coefficient (Wildman–Crippen LogP) is 3.16. The minimum absolute atomic E-state index is 0.00769. The molecule has 1 atom stereocenters. The second-order valence-electron chi connectivity index (χ2n) is 4.43. The first-order chi connectivity index (χ1) is 8.65. The summed E-state index contributed by atoms with van der Waals surface area (Å²) in [6.45, 7) is 0. The second-order valence-corrected chi connectivity index (χ2v) is 4.84. The van der Waals surface area contributed by atoms with Crippen LogP contribution in [0.4, 0.5) is 0 Å². The molecule has 0 saturated heterocycles. The standard InChI is InChI=1S/C15H16ClNO/c16-15-7-2-1-5-12(15)10-13(17)8-11-4-3-6-14(18)9-11/h1-7,9,13,18H,8,10,17H2. The molecule has 1 unspecified atom stereocenters. The van der Waals surface area contributed by atoms with E-state index in [1.54, 1.807) is 12.1 Å². The van der Waals surface area contributed by atoms with Crippen molar-refractivity contribution in [2.45, 2.75) is 18.9 Å². The Morgan fingerprint density at radius 3 is 2.56 bits per heavy atom. The van der Waals surface area contributed by atoms with E-state index >= 15 is 0 Å². The van der Waals surface area contributed by atoms with Crippen molar-refractivity contribution in [2.75, 3.05) is 0 Å². The quantitative estimate of drug-likeness (QED) is 0.888. The number of aromatic hydroxyl groups is 1. The van der Waals surface area contributed by atoms with Gasteiger partial charge in [0.25, 0.3) is 0 Å². The number of phenols is 1. The van der Waals surface area contributed by atoms with E-state index in [2.05, 4.69) is 0 Å². The van der Waals surface area contributed by atoms with Gasteiger partial charge in [0.2, 0.25) is 0 Å². The van der Waals surface area contributed by atoms with E-state index in [4.69, 9.17) is 17.3 Å². The summed E-state index contributed by atoms with van der Waals surface area (Å²) in [5, 5.41) is 10.2. The van der Waals surface area contributed by atoms with Gasteiger partial charge in [0, 0.05) is 11.1 Å². The van der Waals surface area contributed by atoms with E-state index in [0.717, 1.165) is 29.0 Å². The topological polar surface area (TPSA) is 46.2 Å². The third-order valence-electron chi connectivity index (χ3n) is 2.85. The van der Waals surface area contributed by atoms with Crippen molar-refractivity contribution < 1.29 is 5.11 Å². The van der Waals surface area contributed by atoms with Crippen LogP contribution in [-0.4, -0.2) is 11.1 Å². The summed E-state index contributed by atoms with van der Waals surface area (Å²) in [6.07, 6.45) is 1.45. The highest BCUT2D eigenvalue weighted by molar-refractivity contribution is 6.31. The van der Waals surface area contributed by atoms with Crippen LogP contribution in [0.25, 0.3) is 0 Å². The molecular weight excluding hydrogens is 246 g/mol. The van der Waals surface area contributed by atoms with E-state index in [1.807, 2.05) is 36.4 Å². The molecule has 94 valence electrons. The molecule has 2 nitrogen and oxygen atoms in total.